The van der Waals surface area contributed by atoms with Crippen LogP contribution >= 0.6 is 0 Å². The minimum absolute atomic E-state index is 0.0131. The summed E-state index contributed by atoms with van der Waals surface area (Å²) in [5.41, 5.74) is 0.108. The Bertz CT molecular complexity index is 427. The van der Waals surface area contributed by atoms with Crippen molar-refractivity contribution in [3.63, 3.8) is 0 Å². The normalized spacial score (nSPS) is 12.2. The molecule has 6 nitrogen and oxygen atoms in total. The topological polar surface area (TPSA) is 71.8 Å². The molecule has 100 valence electrons. The first-order valence-corrected chi connectivity index (χ1v) is 5.60. The Labute approximate surface area is 106 Å². The molecule has 0 fully saturated rings. The molecule has 1 aromatic heterocycles. The number of ether oxygens (including phenoxy) is 1. The van der Waals surface area contributed by atoms with Gasteiger partial charge in [-0.25, -0.2) is 4.79 Å². The number of carboxylic acid groups (broad SMARTS) is 1. The zero-order chi connectivity index (χ0) is 13.7. The van der Waals surface area contributed by atoms with Crippen molar-refractivity contribution >= 4 is 11.9 Å². The number of hydrogen-bond donors (Lipinski definition) is 1. The van der Waals surface area contributed by atoms with Crippen LogP contribution in [0.1, 0.15) is 17.4 Å². The molecule has 0 aliphatic rings. The lowest BCUT2D eigenvalue weighted by Gasteiger charge is -2.24. The molecule has 1 heterocycles. The van der Waals surface area contributed by atoms with Gasteiger partial charge < -0.3 is 19.3 Å². The summed E-state index contributed by atoms with van der Waals surface area (Å²) >= 11 is 0. The molecule has 0 radical (unpaired) electrons. The van der Waals surface area contributed by atoms with Gasteiger partial charge in [0.25, 0.3) is 0 Å². The maximum absolute atomic E-state index is 12.0. The minimum atomic E-state index is -1.04. The summed E-state index contributed by atoms with van der Waals surface area (Å²) in [6.45, 7) is 2.33. The number of hydrogen-bond acceptors (Lipinski definition) is 3. The first kappa shape index (κ1) is 14.2. The number of likely N-dealkylation sites (N-methyl/N-ethyl adjacent to an activating group) is 1. The maximum Gasteiger partial charge on any atom is 0.352 e. The summed E-state index contributed by atoms with van der Waals surface area (Å²) in [7, 11) is 3.25. The number of rotatable bonds is 6. The lowest BCUT2D eigenvalue weighted by atomic mass is 10.3. The number of nitrogens with zero attached hydrogens (tertiary/aromatic N) is 2. The van der Waals surface area contributed by atoms with Gasteiger partial charge in [-0.2, -0.15) is 0 Å². The smallest absolute Gasteiger partial charge is 0.352 e. The quantitative estimate of drug-likeness (QED) is 0.810. The molecular weight excluding hydrogens is 236 g/mol. The summed E-state index contributed by atoms with van der Waals surface area (Å²) in [4.78, 5) is 24.4. The van der Waals surface area contributed by atoms with Crippen molar-refractivity contribution in [3.8, 4) is 0 Å². The molecule has 1 aromatic rings. The molecule has 6 heteroatoms. The number of carboxylic acids is 1. The van der Waals surface area contributed by atoms with E-state index in [1.807, 2.05) is 6.92 Å². The molecule has 1 atom stereocenters. The minimum Gasteiger partial charge on any atom is -0.477 e. The van der Waals surface area contributed by atoms with Gasteiger partial charge in [-0.3, -0.25) is 4.79 Å². The van der Waals surface area contributed by atoms with Crippen LogP contribution in [0, 0.1) is 0 Å². The first-order valence-electron chi connectivity index (χ1n) is 5.60. The number of carbonyl (C=O) groups is 2. The average Bonchev–Trinajstić information content (AvgIpc) is 2.76. The fourth-order valence-corrected chi connectivity index (χ4v) is 1.60. The summed E-state index contributed by atoms with van der Waals surface area (Å²) in [5.74, 6) is -1.20. The van der Waals surface area contributed by atoms with Crippen molar-refractivity contribution in [2.75, 3.05) is 20.8 Å². The lowest BCUT2D eigenvalue weighted by Crippen LogP contribution is -2.39. The highest BCUT2D eigenvalue weighted by Gasteiger charge is 2.18. The van der Waals surface area contributed by atoms with Crippen LogP contribution in [0.25, 0.3) is 0 Å². The molecule has 0 saturated carbocycles. The molecule has 1 rings (SSSR count). The summed E-state index contributed by atoms with van der Waals surface area (Å²) in [6, 6.07) is 3.02. The highest BCUT2D eigenvalue weighted by Crippen LogP contribution is 2.05. The number of carbonyl (C=O) groups excluding carboxylic acids is 1. The van der Waals surface area contributed by atoms with Crippen LogP contribution in [-0.2, 0) is 16.1 Å². The van der Waals surface area contributed by atoms with E-state index in [0.717, 1.165) is 0 Å². The second kappa shape index (κ2) is 6.20. The summed E-state index contributed by atoms with van der Waals surface area (Å²) in [5, 5.41) is 8.93. The Hall–Kier alpha value is -1.82. The van der Waals surface area contributed by atoms with E-state index in [-0.39, 0.29) is 24.2 Å². The van der Waals surface area contributed by atoms with Gasteiger partial charge in [0, 0.05) is 20.4 Å². The molecule has 1 amide bonds. The Morgan fingerprint density at radius 3 is 2.78 bits per heavy atom. The van der Waals surface area contributed by atoms with Crippen molar-refractivity contribution in [1.29, 1.82) is 0 Å². The third kappa shape index (κ3) is 3.33. The predicted octanol–water partition coefficient (Wildman–Crippen LogP) is 0.680. The van der Waals surface area contributed by atoms with Crippen LogP contribution < -0.4 is 0 Å². The number of amides is 1. The molecule has 1 unspecified atom stereocenters. The molecule has 0 aliphatic heterocycles. The Morgan fingerprint density at radius 1 is 1.56 bits per heavy atom. The van der Waals surface area contributed by atoms with E-state index >= 15 is 0 Å². The van der Waals surface area contributed by atoms with Gasteiger partial charge in [-0.05, 0) is 19.1 Å². The van der Waals surface area contributed by atoms with Gasteiger partial charge in [-0.1, -0.05) is 0 Å². The van der Waals surface area contributed by atoms with Crippen LogP contribution in [0.3, 0.4) is 0 Å². The number of methoxy groups -OCH3 is 1. The third-order valence-corrected chi connectivity index (χ3v) is 2.82. The number of aromatic nitrogens is 1. The van der Waals surface area contributed by atoms with E-state index in [1.165, 1.54) is 10.6 Å². The molecule has 0 saturated heterocycles. The second-order valence-electron chi connectivity index (χ2n) is 4.14. The standard InChI is InChI=1S/C12H18N2O4/c1-9(8-18-3)13(2)11(15)7-14-6-4-5-10(14)12(16)17/h4-6,9H,7-8H2,1-3H3,(H,16,17). The van der Waals surface area contributed by atoms with E-state index in [4.69, 9.17) is 9.84 Å². The highest BCUT2D eigenvalue weighted by molar-refractivity contribution is 5.86. The van der Waals surface area contributed by atoms with Crippen molar-refractivity contribution in [2.45, 2.75) is 19.5 Å². The Balaban J connectivity index is 2.69. The zero-order valence-electron chi connectivity index (χ0n) is 10.8. The van der Waals surface area contributed by atoms with E-state index in [9.17, 15) is 9.59 Å². The SMILES string of the molecule is COCC(C)N(C)C(=O)Cn1cccc1C(=O)O. The van der Waals surface area contributed by atoms with Crippen LogP contribution in [0.5, 0.6) is 0 Å². The van der Waals surface area contributed by atoms with Crippen molar-refractivity contribution in [3.05, 3.63) is 24.0 Å². The van der Waals surface area contributed by atoms with E-state index in [2.05, 4.69) is 0 Å². The fourth-order valence-electron chi connectivity index (χ4n) is 1.60. The number of aromatic carboxylic acids is 1. The van der Waals surface area contributed by atoms with Crippen LogP contribution in [0.15, 0.2) is 18.3 Å². The van der Waals surface area contributed by atoms with Crippen LogP contribution in [-0.4, -0.2) is 53.3 Å². The van der Waals surface area contributed by atoms with Crippen molar-refractivity contribution in [1.82, 2.24) is 9.47 Å². The van der Waals surface area contributed by atoms with Gasteiger partial charge in [0.15, 0.2) is 0 Å². The fraction of sp³-hybridized carbons (Fsp3) is 0.500. The zero-order valence-corrected chi connectivity index (χ0v) is 10.8. The highest BCUT2D eigenvalue weighted by atomic mass is 16.5. The second-order valence-corrected chi connectivity index (χ2v) is 4.14. The molecular formula is C12H18N2O4. The third-order valence-electron chi connectivity index (χ3n) is 2.82. The largest absolute Gasteiger partial charge is 0.477 e. The Morgan fingerprint density at radius 2 is 2.22 bits per heavy atom. The molecule has 1 N–H and O–H groups in total. The van der Waals surface area contributed by atoms with E-state index in [1.54, 1.807) is 31.3 Å². The monoisotopic (exact) mass is 254 g/mol. The first-order chi connectivity index (χ1) is 8.47. The molecule has 0 aromatic carbocycles. The van der Waals surface area contributed by atoms with Crippen molar-refractivity contribution in [2.24, 2.45) is 0 Å². The molecule has 18 heavy (non-hydrogen) atoms. The summed E-state index contributed by atoms with van der Waals surface area (Å²) < 4.78 is 6.39. The van der Waals surface area contributed by atoms with Gasteiger partial charge in [0.05, 0.1) is 12.6 Å². The Kier molecular flexibility index (Phi) is 4.91. The van der Waals surface area contributed by atoms with Crippen LogP contribution in [0.4, 0.5) is 0 Å². The van der Waals surface area contributed by atoms with Crippen molar-refractivity contribution < 1.29 is 19.4 Å². The summed E-state index contributed by atoms with van der Waals surface area (Å²) in [6.07, 6.45) is 1.58. The van der Waals surface area contributed by atoms with E-state index < -0.39 is 5.97 Å². The predicted molar refractivity (Wildman–Crippen MR) is 65.5 cm³/mol. The average molecular weight is 254 g/mol. The molecule has 0 aliphatic carbocycles. The maximum atomic E-state index is 12.0. The van der Waals surface area contributed by atoms with E-state index in [0.29, 0.717) is 6.61 Å². The van der Waals surface area contributed by atoms with Gasteiger partial charge in [0.1, 0.15) is 12.2 Å². The van der Waals surface area contributed by atoms with Crippen LogP contribution in [0.2, 0.25) is 0 Å². The lowest BCUT2D eigenvalue weighted by molar-refractivity contribution is -0.133. The van der Waals surface area contributed by atoms with Gasteiger partial charge >= 0.3 is 5.97 Å². The van der Waals surface area contributed by atoms with Gasteiger partial charge in [-0.15, -0.1) is 0 Å². The van der Waals surface area contributed by atoms with Gasteiger partial charge in [0.2, 0.25) is 5.91 Å². The molecule has 0 spiro atoms. The molecule has 0 bridgehead atoms.